The number of ether oxygens (including phenoxy) is 3. The van der Waals surface area contributed by atoms with Gasteiger partial charge in [-0.15, -0.1) is 6.58 Å². The summed E-state index contributed by atoms with van der Waals surface area (Å²) in [6, 6.07) is 0.558. The molecule has 6 rings (SSSR count). The van der Waals surface area contributed by atoms with Gasteiger partial charge in [-0.05, 0) is 79.6 Å². The van der Waals surface area contributed by atoms with E-state index in [4.69, 9.17) is 14.2 Å². The fourth-order valence-electron chi connectivity index (χ4n) is 11.8. The lowest BCUT2D eigenvalue weighted by molar-refractivity contribution is -0.151. The molecule has 0 saturated carbocycles. The highest BCUT2D eigenvalue weighted by atomic mass is 16.5. The van der Waals surface area contributed by atoms with E-state index in [0.29, 0.717) is 37.2 Å². The van der Waals surface area contributed by atoms with Crippen LogP contribution in [0.25, 0.3) is 0 Å². The van der Waals surface area contributed by atoms with Crippen molar-refractivity contribution in [2.45, 2.75) is 127 Å². The van der Waals surface area contributed by atoms with Gasteiger partial charge in [0.1, 0.15) is 0 Å². The summed E-state index contributed by atoms with van der Waals surface area (Å²) in [5, 5.41) is 25.8. The number of fused-ring (bicyclic) bond motifs is 11. The normalized spacial score (nSPS) is 43.3. The maximum atomic E-state index is 13.8. The van der Waals surface area contributed by atoms with Gasteiger partial charge in [-0.25, -0.2) is 4.79 Å². The van der Waals surface area contributed by atoms with Gasteiger partial charge in [-0.1, -0.05) is 45.9 Å². The second kappa shape index (κ2) is 16.0. The zero-order valence-electron chi connectivity index (χ0n) is 32.6. The Labute approximate surface area is 314 Å². The molecule has 0 amide bonds. The second-order valence-corrected chi connectivity index (χ2v) is 17.1. The molecule has 0 aromatic carbocycles. The van der Waals surface area contributed by atoms with Crippen LogP contribution in [0.3, 0.4) is 0 Å². The number of carbonyl (C=O) groups is 4. The molecule has 12 nitrogen and oxygen atoms in total. The van der Waals surface area contributed by atoms with Crippen LogP contribution >= 0.6 is 0 Å². The highest BCUT2D eigenvalue weighted by Gasteiger charge is 2.60. The van der Waals surface area contributed by atoms with Crippen LogP contribution in [0.15, 0.2) is 36.0 Å². The monoisotopic (exact) mass is 738 g/mol. The van der Waals surface area contributed by atoms with Crippen molar-refractivity contribution in [3.05, 3.63) is 36.0 Å². The molecule has 294 valence electrons. The first-order valence-electron chi connectivity index (χ1n) is 19.8. The van der Waals surface area contributed by atoms with E-state index in [9.17, 15) is 24.3 Å². The number of nitrogens with one attached hydrogen (secondary N) is 4. The molecular weight excluding hydrogens is 676 g/mol. The summed E-state index contributed by atoms with van der Waals surface area (Å²) in [6.07, 6.45) is 10.8. The first-order chi connectivity index (χ1) is 25.3. The Morgan fingerprint density at radius 2 is 1.36 bits per heavy atom. The molecule has 0 radical (unpaired) electrons. The number of esters is 3. The van der Waals surface area contributed by atoms with Gasteiger partial charge in [0.2, 0.25) is 0 Å². The number of methoxy groups -OCH3 is 3. The number of carbonyl (C=O) groups excluding carboxylic acids is 3. The van der Waals surface area contributed by atoms with Gasteiger partial charge in [0.15, 0.2) is 0 Å². The highest BCUT2D eigenvalue weighted by molar-refractivity contribution is 5.97. The third-order valence-corrected chi connectivity index (χ3v) is 14.8. The van der Waals surface area contributed by atoms with Crippen molar-refractivity contribution in [1.29, 1.82) is 0 Å². The summed E-state index contributed by atoms with van der Waals surface area (Å²) in [4.78, 5) is 51.3. The maximum Gasteiger partial charge on any atom is 0.334 e. The standard InChI is InChI=1S/C41H62N4O8/c1-9-23-20(2)29-17-34-27-13-10-26(39(49)52-7)38(40(50)53-8)41(27,5)35(45-34)19-30-22(4)25(12-15-37(48)51-6)33(44-30)18-32-24(11-14-36(46)47)21(3)28(43-32)16-31(23)42-29/h9-10,13,20-25,28-35,38,42-45H,1,11-12,14-19H2,2-8H3,(H,46,47)/t20?,21?,22?,23?,24?,25?,28?,29?,30?,31?,32?,33?,34?,35?,38-,41+/m0/s1. The van der Waals surface area contributed by atoms with Crippen LogP contribution < -0.4 is 21.3 Å². The molecule has 12 heteroatoms. The summed E-state index contributed by atoms with van der Waals surface area (Å²) in [5.74, 6) is -1.46. The molecule has 8 bridgehead atoms. The van der Waals surface area contributed by atoms with Crippen molar-refractivity contribution in [3.63, 3.8) is 0 Å². The van der Waals surface area contributed by atoms with Crippen molar-refractivity contribution in [2.24, 2.45) is 46.8 Å². The fourth-order valence-corrected chi connectivity index (χ4v) is 11.8. The molecule has 5 fully saturated rings. The summed E-state index contributed by atoms with van der Waals surface area (Å²) in [5.41, 5.74) is 0.623. The topological polar surface area (TPSA) is 164 Å². The average Bonchev–Trinajstić information content (AvgIpc) is 3.79. The number of aliphatic carboxylic acids is 1. The second-order valence-electron chi connectivity index (χ2n) is 17.1. The molecule has 5 aliphatic heterocycles. The van der Waals surface area contributed by atoms with Crippen molar-refractivity contribution < 1.29 is 38.5 Å². The molecular formula is C41H62N4O8. The van der Waals surface area contributed by atoms with Crippen LogP contribution in [0, 0.1) is 46.8 Å². The number of carboxylic acids is 1. The van der Waals surface area contributed by atoms with Gasteiger partial charge >= 0.3 is 23.9 Å². The van der Waals surface area contributed by atoms with Gasteiger partial charge in [-0.2, -0.15) is 0 Å². The number of hydrogen-bond donors (Lipinski definition) is 5. The van der Waals surface area contributed by atoms with E-state index in [1.807, 2.05) is 6.08 Å². The minimum Gasteiger partial charge on any atom is -0.481 e. The highest BCUT2D eigenvalue weighted by Crippen LogP contribution is 2.54. The van der Waals surface area contributed by atoms with E-state index in [-0.39, 0.29) is 90.3 Å². The summed E-state index contributed by atoms with van der Waals surface area (Å²) < 4.78 is 15.7. The minimum atomic E-state index is -0.855. The first-order valence-corrected chi connectivity index (χ1v) is 19.8. The molecule has 5 heterocycles. The molecule has 16 atom stereocenters. The van der Waals surface area contributed by atoms with Crippen LogP contribution in [0.4, 0.5) is 0 Å². The van der Waals surface area contributed by atoms with Gasteiger partial charge < -0.3 is 40.6 Å². The van der Waals surface area contributed by atoms with E-state index >= 15 is 0 Å². The quantitative estimate of drug-likeness (QED) is 0.133. The molecule has 53 heavy (non-hydrogen) atoms. The Hall–Kier alpha value is -3.06. The molecule has 5 N–H and O–H groups in total. The van der Waals surface area contributed by atoms with Gasteiger partial charge in [0.25, 0.3) is 0 Å². The molecule has 0 aromatic rings. The average molecular weight is 739 g/mol. The predicted octanol–water partition coefficient (Wildman–Crippen LogP) is 3.52. The number of hydrogen-bond acceptors (Lipinski definition) is 11. The Morgan fingerprint density at radius 3 is 1.94 bits per heavy atom. The van der Waals surface area contributed by atoms with Crippen molar-refractivity contribution in [2.75, 3.05) is 21.3 Å². The Bertz CT molecular complexity index is 1500. The molecule has 1 aliphatic carbocycles. The maximum absolute atomic E-state index is 13.8. The van der Waals surface area contributed by atoms with Gasteiger partial charge in [-0.3, -0.25) is 14.4 Å². The van der Waals surface area contributed by atoms with E-state index < -0.39 is 29.2 Å². The zero-order chi connectivity index (χ0) is 38.4. The molecule has 14 unspecified atom stereocenters. The summed E-state index contributed by atoms with van der Waals surface area (Å²) in [6.45, 7) is 13.2. The van der Waals surface area contributed by atoms with E-state index in [0.717, 1.165) is 24.8 Å². The van der Waals surface area contributed by atoms with Crippen LogP contribution in [-0.4, -0.2) is 98.6 Å². The predicted molar refractivity (Wildman–Crippen MR) is 199 cm³/mol. The van der Waals surface area contributed by atoms with Gasteiger partial charge in [0, 0.05) is 66.6 Å². The smallest absolute Gasteiger partial charge is 0.334 e. The number of allylic oxidation sites excluding steroid dienone is 2. The molecule has 5 saturated heterocycles. The summed E-state index contributed by atoms with van der Waals surface area (Å²) in [7, 11) is 4.14. The lowest BCUT2D eigenvalue weighted by Crippen LogP contribution is -2.50. The van der Waals surface area contributed by atoms with Gasteiger partial charge in [0.05, 0.1) is 32.8 Å². The SMILES string of the molecule is C=CC1C2CC3NC(CC4NC(CC5NC(CC(N2)C1C)C1=CC=C(C(=O)OC)[C@@H](C(=O)OC)[C@]15C)C(C)C4CCC(=O)OC)C(CCC(=O)O)C3C. The lowest BCUT2D eigenvalue weighted by atomic mass is 9.61. The largest absolute Gasteiger partial charge is 0.481 e. The lowest BCUT2D eigenvalue weighted by Gasteiger charge is -2.42. The van der Waals surface area contributed by atoms with Crippen molar-refractivity contribution in [3.8, 4) is 0 Å². The third kappa shape index (κ3) is 7.25. The first kappa shape index (κ1) is 39.6. The molecule has 0 aromatic heterocycles. The van der Waals surface area contributed by atoms with E-state index in [1.54, 1.807) is 6.08 Å². The van der Waals surface area contributed by atoms with Crippen LogP contribution in [0.2, 0.25) is 0 Å². The minimum absolute atomic E-state index is 0.0424. The molecule has 6 aliphatic rings. The Kier molecular flexibility index (Phi) is 11.9. The number of rotatable bonds is 9. The van der Waals surface area contributed by atoms with Crippen LogP contribution in [0.5, 0.6) is 0 Å². The number of carboxylic acid groups (broad SMARTS) is 1. The fraction of sp³-hybridized carbons (Fsp3) is 0.756. The van der Waals surface area contributed by atoms with Crippen molar-refractivity contribution in [1.82, 2.24) is 21.3 Å². The van der Waals surface area contributed by atoms with Crippen LogP contribution in [-0.2, 0) is 33.4 Å². The van der Waals surface area contributed by atoms with E-state index in [1.165, 1.54) is 21.3 Å². The van der Waals surface area contributed by atoms with Crippen molar-refractivity contribution >= 4 is 23.9 Å². The molecule has 0 spiro atoms. The third-order valence-electron chi connectivity index (χ3n) is 14.8. The van der Waals surface area contributed by atoms with E-state index in [2.05, 4.69) is 61.6 Å². The van der Waals surface area contributed by atoms with Crippen LogP contribution in [0.1, 0.15) is 79.1 Å². The Balaban J connectivity index is 1.42. The Morgan fingerprint density at radius 1 is 0.774 bits per heavy atom. The zero-order valence-corrected chi connectivity index (χ0v) is 32.6. The summed E-state index contributed by atoms with van der Waals surface area (Å²) >= 11 is 0.